The number of piperidine rings is 1. The molecule has 5 rings (SSSR count). The third-order valence-corrected chi connectivity index (χ3v) is 7.62. The van der Waals surface area contributed by atoms with Crippen molar-refractivity contribution >= 4 is 0 Å². The number of ether oxygens (including phenoxy) is 4. The molecule has 1 aliphatic heterocycles. The summed E-state index contributed by atoms with van der Waals surface area (Å²) in [6.45, 7) is 3.39. The van der Waals surface area contributed by atoms with Crippen LogP contribution in [0.3, 0.4) is 0 Å². The van der Waals surface area contributed by atoms with E-state index in [1.807, 2.05) is 72.8 Å². The van der Waals surface area contributed by atoms with Gasteiger partial charge in [0.15, 0.2) is 0 Å². The number of hydrogen-bond acceptors (Lipinski definition) is 6. The molecule has 0 saturated carbocycles. The smallest absolute Gasteiger partial charge is 0.113 e. The standard InChI is InChI=1S/C36H41NO5/c38-22-21-37-23-34(40-25-30-15-7-2-8-16-30)36(42-27-32-19-11-4-12-20-32)35(41-26-31-17-9-3-10-18-31)33(37)28-39-24-29-13-5-1-6-14-29/h1-20,33-36,38H,21-28H2/t33-,34-,35+,36+/m0/s1. The van der Waals surface area contributed by atoms with Crippen molar-refractivity contribution in [2.24, 2.45) is 0 Å². The second-order valence-corrected chi connectivity index (χ2v) is 10.6. The van der Waals surface area contributed by atoms with Crippen molar-refractivity contribution in [2.45, 2.75) is 50.8 Å². The van der Waals surface area contributed by atoms with Crippen LogP contribution in [-0.4, -0.2) is 60.7 Å². The van der Waals surface area contributed by atoms with E-state index < -0.39 is 0 Å². The summed E-state index contributed by atoms with van der Waals surface area (Å²) in [7, 11) is 0. The maximum absolute atomic E-state index is 10.1. The van der Waals surface area contributed by atoms with Gasteiger partial charge in [0.1, 0.15) is 12.2 Å². The summed E-state index contributed by atoms with van der Waals surface area (Å²) in [5.74, 6) is 0. The minimum absolute atomic E-state index is 0.0293. The molecular formula is C36H41NO5. The first-order chi connectivity index (χ1) is 20.8. The predicted molar refractivity (Wildman–Crippen MR) is 164 cm³/mol. The van der Waals surface area contributed by atoms with Crippen LogP contribution in [0.2, 0.25) is 0 Å². The molecule has 1 N–H and O–H groups in total. The van der Waals surface area contributed by atoms with Crippen LogP contribution in [-0.2, 0) is 45.4 Å². The van der Waals surface area contributed by atoms with Crippen molar-refractivity contribution in [2.75, 3.05) is 26.3 Å². The summed E-state index contributed by atoms with van der Waals surface area (Å²) in [4.78, 5) is 2.23. The number of hydrogen-bond donors (Lipinski definition) is 1. The summed E-state index contributed by atoms with van der Waals surface area (Å²) >= 11 is 0. The number of benzene rings is 4. The molecule has 0 amide bonds. The molecule has 4 aromatic carbocycles. The van der Waals surface area contributed by atoms with Crippen LogP contribution in [0.15, 0.2) is 121 Å². The second kappa shape index (κ2) is 16.3. The number of nitrogens with zero attached hydrogens (tertiary/aromatic N) is 1. The van der Waals surface area contributed by atoms with Gasteiger partial charge in [0, 0.05) is 13.1 Å². The normalized spacial score (nSPS) is 20.9. The monoisotopic (exact) mass is 567 g/mol. The van der Waals surface area contributed by atoms with Gasteiger partial charge in [0.05, 0.1) is 51.8 Å². The van der Waals surface area contributed by atoms with E-state index in [4.69, 9.17) is 18.9 Å². The zero-order valence-electron chi connectivity index (χ0n) is 24.0. The van der Waals surface area contributed by atoms with Gasteiger partial charge in [-0.05, 0) is 22.3 Å². The highest BCUT2D eigenvalue weighted by atomic mass is 16.6. The molecule has 6 nitrogen and oxygen atoms in total. The predicted octanol–water partition coefficient (Wildman–Crippen LogP) is 5.64. The molecular weight excluding hydrogens is 526 g/mol. The minimum atomic E-state index is -0.356. The summed E-state index contributed by atoms with van der Waals surface area (Å²) in [5, 5.41) is 10.1. The molecule has 0 radical (unpaired) electrons. The molecule has 1 saturated heterocycles. The molecule has 0 aliphatic carbocycles. The average Bonchev–Trinajstić information content (AvgIpc) is 3.05. The molecule has 1 aliphatic rings. The molecule has 4 aromatic rings. The minimum Gasteiger partial charge on any atom is -0.395 e. The van der Waals surface area contributed by atoms with Crippen molar-refractivity contribution in [3.63, 3.8) is 0 Å². The van der Waals surface area contributed by atoms with Crippen molar-refractivity contribution < 1.29 is 24.1 Å². The van der Waals surface area contributed by atoms with E-state index in [1.165, 1.54) is 0 Å². The lowest BCUT2D eigenvalue weighted by molar-refractivity contribution is -0.211. The average molecular weight is 568 g/mol. The van der Waals surface area contributed by atoms with Crippen molar-refractivity contribution in [1.29, 1.82) is 0 Å². The number of aliphatic hydroxyl groups excluding tert-OH is 1. The van der Waals surface area contributed by atoms with Crippen LogP contribution in [0.25, 0.3) is 0 Å². The molecule has 4 atom stereocenters. The summed E-state index contributed by atoms with van der Waals surface area (Å²) in [5.41, 5.74) is 4.40. The van der Waals surface area contributed by atoms with Gasteiger partial charge in [-0.2, -0.15) is 0 Å². The summed E-state index contributed by atoms with van der Waals surface area (Å²) in [6, 6.07) is 40.6. The Balaban J connectivity index is 1.40. The Labute approximate surface area is 249 Å². The molecule has 0 aromatic heterocycles. The number of rotatable bonds is 15. The van der Waals surface area contributed by atoms with Gasteiger partial charge in [-0.15, -0.1) is 0 Å². The Kier molecular flexibility index (Phi) is 11.7. The van der Waals surface area contributed by atoms with Gasteiger partial charge in [0.25, 0.3) is 0 Å². The third-order valence-electron chi connectivity index (χ3n) is 7.62. The van der Waals surface area contributed by atoms with Crippen LogP contribution < -0.4 is 0 Å². The van der Waals surface area contributed by atoms with E-state index in [2.05, 4.69) is 53.4 Å². The lowest BCUT2D eigenvalue weighted by Crippen LogP contribution is -2.65. The maximum atomic E-state index is 10.1. The highest BCUT2D eigenvalue weighted by Crippen LogP contribution is 2.29. The van der Waals surface area contributed by atoms with E-state index in [0.29, 0.717) is 46.1 Å². The SMILES string of the molecule is OCCN1C[C@H](OCc2ccccc2)[C@@H](OCc2ccccc2)[C@H](OCc2ccccc2)[C@@H]1COCc1ccccc1. The van der Waals surface area contributed by atoms with Gasteiger partial charge in [0.2, 0.25) is 0 Å². The first kappa shape index (κ1) is 30.1. The molecule has 42 heavy (non-hydrogen) atoms. The highest BCUT2D eigenvalue weighted by molar-refractivity contribution is 5.16. The second-order valence-electron chi connectivity index (χ2n) is 10.6. The van der Waals surface area contributed by atoms with Crippen LogP contribution in [0.4, 0.5) is 0 Å². The molecule has 1 fully saturated rings. The van der Waals surface area contributed by atoms with E-state index >= 15 is 0 Å². The van der Waals surface area contributed by atoms with Crippen LogP contribution in [0.1, 0.15) is 22.3 Å². The Bertz CT molecular complexity index is 1280. The number of aliphatic hydroxyl groups is 1. The van der Waals surface area contributed by atoms with Gasteiger partial charge in [-0.1, -0.05) is 121 Å². The fourth-order valence-corrected chi connectivity index (χ4v) is 5.43. The van der Waals surface area contributed by atoms with E-state index in [-0.39, 0.29) is 31.0 Å². The van der Waals surface area contributed by atoms with E-state index in [9.17, 15) is 5.11 Å². The lowest BCUT2D eigenvalue weighted by atomic mass is 9.93. The molecule has 6 heteroatoms. The molecule has 0 spiro atoms. The Morgan fingerprint density at radius 2 is 0.976 bits per heavy atom. The van der Waals surface area contributed by atoms with E-state index in [0.717, 1.165) is 22.3 Å². The number of likely N-dealkylation sites (tertiary alicyclic amines) is 1. The van der Waals surface area contributed by atoms with E-state index in [1.54, 1.807) is 0 Å². The van der Waals surface area contributed by atoms with Crippen LogP contribution in [0.5, 0.6) is 0 Å². The van der Waals surface area contributed by atoms with Crippen LogP contribution in [0, 0.1) is 0 Å². The maximum Gasteiger partial charge on any atom is 0.113 e. The summed E-state index contributed by atoms with van der Waals surface area (Å²) in [6.07, 6.45) is -0.977. The Hall–Kier alpha value is -3.36. The zero-order valence-corrected chi connectivity index (χ0v) is 24.0. The molecule has 0 bridgehead atoms. The largest absolute Gasteiger partial charge is 0.395 e. The molecule has 220 valence electrons. The van der Waals surface area contributed by atoms with Gasteiger partial charge in [-0.3, -0.25) is 4.90 Å². The number of β-amino-alcohol motifs (C(OH)–C–C–N with tert-alkyl or cyclic N) is 1. The van der Waals surface area contributed by atoms with Gasteiger partial charge in [-0.25, -0.2) is 0 Å². The Morgan fingerprint density at radius 1 is 0.548 bits per heavy atom. The van der Waals surface area contributed by atoms with Gasteiger partial charge < -0.3 is 24.1 Å². The first-order valence-corrected chi connectivity index (χ1v) is 14.7. The van der Waals surface area contributed by atoms with Gasteiger partial charge >= 0.3 is 0 Å². The van der Waals surface area contributed by atoms with Crippen molar-refractivity contribution in [3.05, 3.63) is 144 Å². The van der Waals surface area contributed by atoms with Crippen molar-refractivity contribution in [3.8, 4) is 0 Å². The fraction of sp³-hybridized carbons (Fsp3) is 0.333. The summed E-state index contributed by atoms with van der Waals surface area (Å²) < 4.78 is 26.3. The van der Waals surface area contributed by atoms with Crippen LogP contribution >= 0.6 is 0 Å². The molecule has 0 unspecified atom stereocenters. The lowest BCUT2D eigenvalue weighted by Gasteiger charge is -2.48. The zero-order chi connectivity index (χ0) is 28.8. The fourth-order valence-electron chi connectivity index (χ4n) is 5.43. The third kappa shape index (κ3) is 8.82. The Morgan fingerprint density at radius 3 is 1.45 bits per heavy atom. The highest BCUT2D eigenvalue weighted by Gasteiger charge is 2.46. The first-order valence-electron chi connectivity index (χ1n) is 14.7. The quantitative estimate of drug-likeness (QED) is 0.201. The van der Waals surface area contributed by atoms with Crippen molar-refractivity contribution in [1.82, 2.24) is 4.90 Å². The topological polar surface area (TPSA) is 60.4 Å². The molecule has 1 heterocycles.